The van der Waals surface area contributed by atoms with Crippen LogP contribution >= 0.6 is 0 Å². The minimum atomic E-state index is 0.197. The maximum absolute atomic E-state index is 9.90. The zero-order chi connectivity index (χ0) is 11.2. The van der Waals surface area contributed by atoms with E-state index >= 15 is 0 Å². The molecule has 0 atom stereocenters. The van der Waals surface area contributed by atoms with Crippen molar-refractivity contribution in [1.29, 1.82) is 0 Å². The largest absolute Gasteiger partial charge is 0.373 e. The van der Waals surface area contributed by atoms with Crippen LogP contribution in [0.15, 0.2) is 0 Å². The maximum atomic E-state index is 9.90. The molecule has 0 fully saturated rings. The van der Waals surface area contributed by atoms with Crippen molar-refractivity contribution in [3.05, 3.63) is 0 Å². The van der Waals surface area contributed by atoms with E-state index in [0.717, 1.165) is 45.6 Å². The summed E-state index contributed by atoms with van der Waals surface area (Å²) in [5.74, 6) is 0. The molecule has 0 aliphatic carbocycles. The Morgan fingerprint density at radius 3 is 2.20 bits per heavy atom. The molecule has 0 radical (unpaired) electrons. The molecule has 0 amide bonds. The highest BCUT2D eigenvalue weighted by molar-refractivity contribution is 5.50. The van der Waals surface area contributed by atoms with Gasteiger partial charge in [-0.2, -0.15) is 0 Å². The van der Waals surface area contributed by atoms with E-state index in [4.69, 9.17) is 4.74 Å². The first-order chi connectivity index (χ1) is 7.41. The monoisotopic (exact) mass is 217 g/mol. The van der Waals surface area contributed by atoms with Crippen molar-refractivity contribution in [2.24, 2.45) is 0 Å². The van der Waals surface area contributed by atoms with E-state index in [1.807, 2.05) is 0 Å². The van der Waals surface area contributed by atoms with E-state index < -0.39 is 0 Å². The van der Waals surface area contributed by atoms with Gasteiger partial charge in [0.1, 0.15) is 12.9 Å². The summed E-state index contributed by atoms with van der Waals surface area (Å²) in [7, 11) is 0. The fourth-order valence-electron chi connectivity index (χ4n) is 1.06. The Bertz CT molecular complexity index is 134. The average molecular weight is 217 g/mol. The summed E-state index contributed by atoms with van der Waals surface area (Å²) in [5.41, 5.74) is 0. The van der Waals surface area contributed by atoms with E-state index in [9.17, 15) is 4.79 Å². The van der Waals surface area contributed by atoms with Crippen LogP contribution in [-0.4, -0.2) is 58.8 Å². The zero-order valence-corrected chi connectivity index (χ0v) is 9.55. The SMILES string of the molecule is CCNCCNCCNCCOCC=O. The van der Waals surface area contributed by atoms with Crippen molar-refractivity contribution in [2.75, 3.05) is 52.5 Å². The summed E-state index contributed by atoms with van der Waals surface area (Å²) in [4.78, 5) is 9.90. The predicted octanol–water partition coefficient (Wildman–Crippen LogP) is -1.01. The van der Waals surface area contributed by atoms with Gasteiger partial charge in [-0.1, -0.05) is 6.92 Å². The van der Waals surface area contributed by atoms with Gasteiger partial charge >= 0.3 is 0 Å². The molecule has 5 nitrogen and oxygen atoms in total. The van der Waals surface area contributed by atoms with Crippen LogP contribution < -0.4 is 16.0 Å². The van der Waals surface area contributed by atoms with Gasteiger partial charge < -0.3 is 25.5 Å². The highest BCUT2D eigenvalue weighted by atomic mass is 16.5. The van der Waals surface area contributed by atoms with Gasteiger partial charge in [-0.25, -0.2) is 0 Å². The first kappa shape index (κ1) is 14.5. The molecular formula is C10H23N3O2. The molecule has 0 unspecified atom stereocenters. The summed E-state index contributed by atoms with van der Waals surface area (Å²) in [6, 6.07) is 0. The number of hydrogen-bond acceptors (Lipinski definition) is 5. The van der Waals surface area contributed by atoms with E-state index in [0.29, 0.717) is 6.61 Å². The first-order valence-electron chi connectivity index (χ1n) is 5.55. The molecule has 5 heteroatoms. The summed E-state index contributed by atoms with van der Waals surface area (Å²) >= 11 is 0. The molecule has 0 rings (SSSR count). The molecule has 0 aliphatic heterocycles. The molecule has 3 N–H and O–H groups in total. The third kappa shape index (κ3) is 13.5. The number of rotatable bonds is 12. The molecule has 0 spiro atoms. The van der Waals surface area contributed by atoms with Gasteiger partial charge in [-0.05, 0) is 6.54 Å². The first-order valence-corrected chi connectivity index (χ1v) is 5.55. The van der Waals surface area contributed by atoms with Crippen LogP contribution in [0.5, 0.6) is 0 Å². The lowest BCUT2D eigenvalue weighted by atomic mass is 10.5. The smallest absolute Gasteiger partial charge is 0.145 e. The zero-order valence-electron chi connectivity index (χ0n) is 9.55. The second-order valence-corrected chi connectivity index (χ2v) is 3.10. The Hall–Kier alpha value is -0.490. The van der Waals surface area contributed by atoms with Crippen LogP contribution in [0.25, 0.3) is 0 Å². The molecule has 0 heterocycles. The summed E-state index contributed by atoms with van der Waals surface area (Å²) in [5, 5.41) is 9.75. The Labute approximate surface area is 91.9 Å². The van der Waals surface area contributed by atoms with E-state index in [1.54, 1.807) is 0 Å². The van der Waals surface area contributed by atoms with Crippen molar-refractivity contribution >= 4 is 6.29 Å². The predicted molar refractivity (Wildman–Crippen MR) is 61.2 cm³/mol. The molecule has 0 aromatic rings. The molecule has 0 saturated heterocycles. The van der Waals surface area contributed by atoms with Crippen molar-refractivity contribution < 1.29 is 9.53 Å². The highest BCUT2D eigenvalue weighted by Crippen LogP contribution is 1.68. The minimum absolute atomic E-state index is 0.197. The molecule has 0 saturated carbocycles. The van der Waals surface area contributed by atoms with Crippen LogP contribution in [-0.2, 0) is 9.53 Å². The third-order valence-corrected chi connectivity index (χ3v) is 1.82. The number of carbonyl (C=O) groups is 1. The highest BCUT2D eigenvalue weighted by Gasteiger charge is 1.88. The van der Waals surface area contributed by atoms with E-state index in [-0.39, 0.29) is 6.61 Å². The normalized spacial score (nSPS) is 10.5. The van der Waals surface area contributed by atoms with Gasteiger partial charge in [0.25, 0.3) is 0 Å². The molecule has 90 valence electrons. The molecule has 0 aromatic carbocycles. The van der Waals surface area contributed by atoms with Gasteiger partial charge in [0, 0.05) is 32.7 Å². The molecule has 0 aromatic heterocycles. The number of hydrogen-bond donors (Lipinski definition) is 3. The van der Waals surface area contributed by atoms with Gasteiger partial charge in [0.2, 0.25) is 0 Å². The fourth-order valence-corrected chi connectivity index (χ4v) is 1.06. The Morgan fingerprint density at radius 2 is 1.60 bits per heavy atom. The number of ether oxygens (including phenoxy) is 1. The second kappa shape index (κ2) is 13.5. The van der Waals surface area contributed by atoms with Crippen LogP contribution in [0.3, 0.4) is 0 Å². The van der Waals surface area contributed by atoms with Crippen LogP contribution in [0.2, 0.25) is 0 Å². The third-order valence-electron chi connectivity index (χ3n) is 1.82. The van der Waals surface area contributed by atoms with E-state index in [2.05, 4.69) is 22.9 Å². The van der Waals surface area contributed by atoms with Crippen LogP contribution in [0.4, 0.5) is 0 Å². The lowest BCUT2D eigenvalue weighted by Crippen LogP contribution is -2.33. The number of carbonyl (C=O) groups excluding carboxylic acids is 1. The topological polar surface area (TPSA) is 62.4 Å². The van der Waals surface area contributed by atoms with Crippen molar-refractivity contribution in [3.8, 4) is 0 Å². The maximum Gasteiger partial charge on any atom is 0.145 e. The van der Waals surface area contributed by atoms with Gasteiger partial charge in [0.05, 0.1) is 6.61 Å². The Balaban J connectivity index is 2.83. The van der Waals surface area contributed by atoms with Gasteiger partial charge in [0.15, 0.2) is 0 Å². The number of nitrogens with one attached hydrogen (secondary N) is 3. The summed E-state index contributed by atoms with van der Waals surface area (Å²) in [6.07, 6.45) is 0.766. The van der Waals surface area contributed by atoms with Crippen LogP contribution in [0, 0.1) is 0 Å². The minimum Gasteiger partial charge on any atom is -0.373 e. The lowest BCUT2D eigenvalue weighted by Gasteiger charge is -2.06. The number of likely N-dealkylation sites (N-methyl/N-ethyl adjacent to an activating group) is 1. The molecule has 0 bridgehead atoms. The van der Waals surface area contributed by atoms with Gasteiger partial charge in [-0.3, -0.25) is 0 Å². The standard InChI is InChI=1S/C10H23N3O2/c1-2-11-3-4-12-5-6-13-7-9-15-10-8-14/h8,11-13H,2-7,9-10H2,1H3. The molecule has 0 aliphatic rings. The number of aldehydes is 1. The Morgan fingerprint density at radius 1 is 1.00 bits per heavy atom. The molecular weight excluding hydrogens is 194 g/mol. The summed E-state index contributed by atoms with van der Waals surface area (Å²) < 4.78 is 4.98. The van der Waals surface area contributed by atoms with Crippen molar-refractivity contribution in [3.63, 3.8) is 0 Å². The van der Waals surface area contributed by atoms with Crippen molar-refractivity contribution in [2.45, 2.75) is 6.92 Å². The lowest BCUT2D eigenvalue weighted by molar-refractivity contribution is -0.111. The average Bonchev–Trinajstić information content (AvgIpc) is 2.26. The summed E-state index contributed by atoms with van der Waals surface area (Å²) in [6.45, 7) is 8.60. The van der Waals surface area contributed by atoms with Crippen molar-refractivity contribution in [1.82, 2.24) is 16.0 Å². The van der Waals surface area contributed by atoms with Crippen LogP contribution in [0.1, 0.15) is 6.92 Å². The molecule has 15 heavy (non-hydrogen) atoms. The fraction of sp³-hybridized carbons (Fsp3) is 0.900. The Kier molecular flexibility index (Phi) is 13.1. The second-order valence-electron chi connectivity index (χ2n) is 3.10. The quantitative estimate of drug-likeness (QED) is 0.289. The van der Waals surface area contributed by atoms with Gasteiger partial charge in [-0.15, -0.1) is 0 Å². The van der Waals surface area contributed by atoms with E-state index in [1.165, 1.54) is 0 Å².